The summed E-state index contributed by atoms with van der Waals surface area (Å²) >= 11 is 0. The van der Waals surface area contributed by atoms with E-state index < -0.39 is 0 Å². The summed E-state index contributed by atoms with van der Waals surface area (Å²) in [7, 11) is 2.19. The first kappa shape index (κ1) is 17.0. The van der Waals surface area contributed by atoms with Crippen LogP contribution in [0.5, 0.6) is 0 Å². The highest BCUT2D eigenvalue weighted by molar-refractivity contribution is 5.94. The molecule has 0 spiro atoms. The molecule has 5 rings (SSSR count). The molecule has 0 radical (unpaired) electrons. The van der Waals surface area contributed by atoms with Gasteiger partial charge in [-0.15, -0.1) is 0 Å². The third-order valence-corrected chi connectivity index (χ3v) is 6.89. The Hall–Kier alpha value is -2.15. The van der Waals surface area contributed by atoms with Crippen molar-refractivity contribution >= 4 is 10.8 Å². The Labute approximate surface area is 163 Å². The van der Waals surface area contributed by atoms with Gasteiger partial charge in [-0.25, -0.2) is 4.57 Å². The lowest BCUT2D eigenvalue weighted by atomic mass is 9.93. The highest BCUT2D eigenvalue weighted by Gasteiger charge is 2.21. The topological polar surface area (TPSA) is 3.88 Å². The number of rotatable bonds is 3. The molecule has 0 bridgehead atoms. The Kier molecular flexibility index (Phi) is 4.27. The smallest absolute Gasteiger partial charge is 0.200 e. The van der Waals surface area contributed by atoms with Gasteiger partial charge in [0.25, 0.3) is 0 Å². The Bertz CT molecular complexity index is 1010. The van der Waals surface area contributed by atoms with Crippen molar-refractivity contribution < 1.29 is 4.57 Å². The molecule has 2 aliphatic rings. The lowest BCUT2D eigenvalue weighted by Gasteiger charge is -2.13. The third kappa shape index (κ3) is 3.08. The lowest BCUT2D eigenvalue weighted by Crippen LogP contribution is -2.30. The molecule has 2 aromatic carbocycles. The van der Waals surface area contributed by atoms with Crippen LogP contribution >= 0.6 is 0 Å². The van der Waals surface area contributed by atoms with Gasteiger partial charge in [0.05, 0.1) is 5.39 Å². The molecule has 0 saturated heterocycles. The number of nitrogens with zero attached hydrogens (tertiary/aromatic N) is 1. The van der Waals surface area contributed by atoms with Crippen LogP contribution in [0.1, 0.15) is 54.4 Å². The zero-order chi connectivity index (χ0) is 18.4. The van der Waals surface area contributed by atoms with E-state index in [-0.39, 0.29) is 0 Å². The minimum atomic E-state index is 0.903. The van der Waals surface area contributed by atoms with Gasteiger partial charge in [-0.05, 0) is 78.3 Å². The molecule has 3 aromatic rings. The van der Waals surface area contributed by atoms with E-state index in [1.165, 1.54) is 84.5 Å². The third-order valence-electron chi connectivity index (χ3n) is 6.89. The summed E-state index contributed by atoms with van der Waals surface area (Å²) in [6.45, 7) is 2.28. The number of fused-ring (bicyclic) bond motifs is 2. The van der Waals surface area contributed by atoms with Crippen LogP contribution in [0.3, 0.4) is 0 Å². The van der Waals surface area contributed by atoms with Gasteiger partial charge in [-0.3, -0.25) is 0 Å². The van der Waals surface area contributed by atoms with Gasteiger partial charge in [0.2, 0.25) is 5.69 Å². The zero-order valence-electron chi connectivity index (χ0n) is 16.7. The Balaban J connectivity index is 1.61. The summed E-state index contributed by atoms with van der Waals surface area (Å²) in [6, 6.07) is 14.4. The number of hydrogen-bond acceptors (Lipinski definition) is 0. The van der Waals surface area contributed by atoms with Crippen molar-refractivity contribution in [2.75, 3.05) is 0 Å². The second-order valence-corrected chi connectivity index (χ2v) is 8.84. The van der Waals surface area contributed by atoms with Crippen molar-refractivity contribution in [3.05, 3.63) is 64.8 Å². The van der Waals surface area contributed by atoms with Crippen molar-refractivity contribution in [3.63, 3.8) is 0 Å². The van der Waals surface area contributed by atoms with Gasteiger partial charge < -0.3 is 0 Å². The van der Waals surface area contributed by atoms with E-state index in [2.05, 4.69) is 61.1 Å². The molecule has 138 valence electrons. The van der Waals surface area contributed by atoms with E-state index in [1.807, 2.05) is 0 Å². The van der Waals surface area contributed by atoms with Crippen molar-refractivity contribution in [2.45, 2.75) is 58.3 Å². The van der Waals surface area contributed by atoms with E-state index in [9.17, 15) is 0 Å². The molecular weight excluding hydrogens is 326 g/mol. The van der Waals surface area contributed by atoms with Crippen LogP contribution in [-0.4, -0.2) is 0 Å². The fourth-order valence-electron chi connectivity index (χ4n) is 5.43. The molecule has 0 unspecified atom stereocenters. The molecule has 27 heavy (non-hydrogen) atoms. The summed E-state index contributed by atoms with van der Waals surface area (Å²) in [4.78, 5) is 0. The molecule has 0 atom stereocenters. The normalized spacial score (nSPS) is 17.0. The van der Waals surface area contributed by atoms with Gasteiger partial charge >= 0.3 is 0 Å². The number of hydrogen-bond donors (Lipinski definition) is 0. The number of aromatic nitrogens is 1. The molecule has 1 nitrogen and oxygen atoms in total. The van der Waals surface area contributed by atoms with Gasteiger partial charge in [-0.1, -0.05) is 43.9 Å². The first-order valence-electron chi connectivity index (χ1n) is 10.7. The highest BCUT2D eigenvalue weighted by atomic mass is 14.9. The monoisotopic (exact) mass is 356 g/mol. The molecule has 1 heteroatoms. The molecule has 0 amide bonds. The van der Waals surface area contributed by atoms with Crippen molar-refractivity contribution in [3.8, 4) is 11.3 Å². The minimum Gasteiger partial charge on any atom is -0.200 e. The highest BCUT2D eigenvalue weighted by Crippen LogP contribution is 2.34. The van der Waals surface area contributed by atoms with Crippen LogP contribution < -0.4 is 4.57 Å². The van der Waals surface area contributed by atoms with E-state index in [1.54, 1.807) is 11.1 Å². The second-order valence-electron chi connectivity index (χ2n) is 8.84. The average molecular weight is 357 g/mol. The van der Waals surface area contributed by atoms with Crippen LogP contribution in [0.15, 0.2) is 42.6 Å². The van der Waals surface area contributed by atoms with Gasteiger partial charge in [0.1, 0.15) is 7.05 Å². The van der Waals surface area contributed by atoms with Gasteiger partial charge in [-0.2, -0.15) is 0 Å². The van der Waals surface area contributed by atoms with Crippen LogP contribution in [0.2, 0.25) is 0 Å². The first-order chi connectivity index (χ1) is 13.2. The summed E-state index contributed by atoms with van der Waals surface area (Å²) in [5.41, 5.74) is 8.83. The average Bonchev–Trinajstić information content (AvgIpc) is 3.33. The fourth-order valence-corrected chi connectivity index (χ4v) is 5.43. The Morgan fingerprint density at radius 2 is 1.70 bits per heavy atom. The minimum absolute atomic E-state index is 0.903. The molecule has 1 saturated carbocycles. The standard InChI is InChI=1S/C26H30N/c1-18-14-21-8-5-9-22(21)17-25(18)26-24-11-10-20(15-19-6-3-4-7-19)16-23(24)12-13-27(26)2/h10-14,16-17,19H,3-9,15H2,1-2H3/q+1. The van der Waals surface area contributed by atoms with E-state index in [0.717, 1.165) is 5.92 Å². The van der Waals surface area contributed by atoms with E-state index >= 15 is 0 Å². The molecule has 0 aliphatic heterocycles. The van der Waals surface area contributed by atoms with Crippen LogP contribution in [0, 0.1) is 12.8 Å². The largest absolute Gasteiger partial charge is 0.220 e. The Morgan fingerprint density at radius 3 is 2.52 bits per heavy atom. The summed E-state index contributed by atoms with van der Waals surface area (Å²) in [6.07, 6.45) is 13.0. The fraction of sp³-hybridized carbons (Fsp3) is 0.423. The number of benzene rings is 2. The predicted molar refractivity (Wildman–Crippen MR) is 113 cm³/mol. The van der Waals surface area contributed by atoms with Crippen LogP contribution in [-0.2, 0) is 26.3 Å². The molecule has 2 aliphatic carbocycles. The maximum absolute atomic E-state index is 2.47. The summed E-state index contributed by atoms with van der Waals surface area (Å²) in [5, 5.41) is 2.77. The summed E-state index contributed by atoms with van der Waals surface area (Å²) < 4.78 is 2.31. The quantitative estimate of drug-likeness (QED) is 0.517. The molecule has 0 N–H and O–H groups in total. The van der Waals surface area contributed by atoms with Crippen molar-refractivity contribution in [1.29, 1.82) is 0 Å². The van der Waals surface area contributed by atoms with Gasteiger partial charge in [0.15, 0.2) is 6.20 Å². The molecule has 1 fully saturated rings. The number of aryl methyl sites for hydroxylation is 4. The zero-order valence-corrected chi connectivity index (χ0v) is 16.7. The maximum atomic E-state index is 2.47. The molecule has 1 heterocycles. The molecular formula is C26H30N+. The van der Waals surface area contributed by atoms with E-state index in [0.29, 0.717) is 0 Å². The Morgan fingerprint density at radius 1 is 0.926 bits per heavy atom. The summed E-state index contributed by atoms with van der Waals surface area (Å²) in [5.74, 6) is 0.903. The van der Waals surface area contributed by atoms with Gasteiger partial charge in [0, 0.05) is 11.6 Å². The van der Waals surface area contributed by atoms with Crippen molar-refractivity contribution in [1.82, 2.24) is 0 Å². The molecule has 1 aromatic heterocycles. The predicted octanol–water partition coefficient (Wildman–Crippen LogP) is 5.86. The SMILES string of the molecule is Cc1cc2c(cc1-c1c3ccc(CC4CCCC4)cc3cc[n+]1C)CCC2. The number of pyridine rings is 1. The second kappa shape index (κ2) is 6.78. The maximum Gasteiger partial charge on any atom is 0.220 e. The van der Waals surface area contributed by atoms with Crippen LogP contribution in [0.4, 0.5) is 0 Å². The van der Waals surface area contributed by atoms with E-state index in [4.69, 9.17) is 0 Å². The van der Waals surface area contributed by atoms with Crippen LogP contribution in [0.25, 0.3) is 22.0 Å². The van der Waals surface area contributed by atoms with Crippen molar-refractivity contribution in [2.24, 2.45) is 13.0 Å². The lowest BCUT2D eigenvalue weighted by molar-refractivity contribution is -0.659. The first-order valence-corrected chi connectivity index (χ1v) is 10.7.